The number of aromatic nitrogens is 1. The Hall–Kier alpha value is -4.00. The monoisotopic (exact) mass is 626 g/mol. The minimum atomic E-state index is -0.911. The smallest absolute Gasteiger partial charge is 0.338 e. The van der Waals surface area contributed by atoms with Crippen LogP contribution in [0, 0.1) is 10.1 Å². The second-order valence-electron chi connectivity index (χ2n) is 9.90. The summed E-state index contributed by atoms with van der Waals surface area (Å²) in [6.45, 7) is 5.92. The number of nitro benzene ring substituents is 1. The van der Waals surface area contributed by atoms with E-state index in [1.165, 1.54) is 17.7 Å². The zero-order valence-corrected chi connectivity index (χ0v) is 25.6. The van der Waals surface area contributed by atoms with Crippen LogP contribution in [0.25, 0.3) is 6.08 Å². The van der Waals surface area contributed by atoms with Gasteiger partial charge >= 0.3 is 5.97 Å². The summed E-state index contributed by atoms with van der Waals surface area (Å²) in [4.78, 5) is 46.2. The van der Waals surface area contributed by atoms with Crippen LogP contribution in [0.4, 0.5) is 11.4 Å². The highest BCUT2D eigenvalue weighted by Gasteiger charge is 2.36. The fourth-order valence-electron chi connectivity index (χ4n) is 5.33. The van der Waals surface area contributed by atoms with Crippen molar-refractivity contribution in [2.45, 2.75) is 32.7 Å². The normalized spacial score (nSPS) is 17.0. The van der Waals surface area contributed by atoms with Gasteiger partial charge in [-0.05, 0) is 49.2 Å². The number of hydrogen-bond donors (Lipinski definition) is 0. The predicted molar refractivity (Wildman–Crippen MR) is 164 cm³/mol. The van der Waals surface area contributed by atoms with Gasteiger partial charge in [-0.1, -0.05) is 42.3 Å². The molecule has 3 heterocycles. The molecule has 1 saturated heterocycles. The Morgan fingerprint density at radius 3 is 2.67 bits per heavy atom. The average molecular weight is 627 g/mol. The quantitative estimate of drug-likeness (QED) is 0.198. The van der Waals surface area contributed by atoms with Crippen molar-refractivity contribution in [1.82, 2.24) is 4.57 Å². The molecule has 0 unspecified atom stereocenters. The highest BCUT2D eigenvalue weighted by atomic mass is 35.5. The van der Waals surface area contributed by atoms with Gasteiger partial charge in [-0.25, -0.2) is 9.79 Å². The molecule has 0 saturated carbocycles. The molecule has 3 aromatic rings. The Kier molecular flexibility index (Phi) is 9.28. The van der Waals surface area contributed by atoms with Crippen molar-refractivity contribution < 1.29 is 23.9 Å². The summed E-state index contributed by atoms with van der Waals surface area (Å²) in [5, 5.41) is 12.4. The Morgan fingerprint density at radius 2 is 2.00 bits per heavy atom. The topological polar surface area (TPSA) is 126 Å². The van der Waals surface area contributed by atoms with Crippen molar-refractivity contribution in [1.29, 1.82) is 0 Å². The number of nitrogens with zero attached hydrogens (tertiary/aromatic N) is 4. The summed E-state index contributed by atoms with van der Waals surface area (Å²) in [5.41, 5.74) is 1.81. The van der Waals surface area contributed by atoms with E-state index in [2.05, 4.69) is 0 Å². The lowest BCUT2D eigenvalue weighted by molar-refractivity contribution is -0.384. The number of hydrogen-bond acceptors (Lipinski definition) is 10. The van der Waals surface area contributed by atoms with E-state index in [9.17, 15) is 19.7 Å². The number of fused-ring (bicyclic) bond motifs is 1. The van der Waals surface area contributed by atoms with Crippen LogP contribution in [-0.2, 0) is 14.3 Å². The molecule has 11 nitrogen and oxygen atoms in total. The molecule has 0 aliphatic carbocycles. The second kappa shape index (κ2) is 13.1. The minimum absolute atomic E-state index is 0.0557. The molecule has 226 valence electrons. The lowest BCUT2D eigenvalue weighted by Crippen LogP contribution is -2.40. The van der Waals surface area contributed by atoms with Crippen molar-refractivity contribution in [3.05, 3.63) is 93.6 Å². The molecule has 0 amide bonds. The fourth-order valence-corrected chi connectivity index (χ4v) is 6.53. The summed E-state index contributed by atoms with van der Waals surface area (Å²) < 4.78 is 18.2. The number of rotatable bonds is 9. The van der Waals surface area contributed by atoms with Crippen LogP contribution in [0.2, 0.25) is 5.02 Å². The van der Waals surface area contributed by atoms with Crippen molar-refractivity contribution in [3.8, 4) is 5.75 Å². The van der Waals surface area contributed by atoms with E-state index in [0.29, 0.717) is 81.8 Å². The van der Waals surface area contributed by atoms with Gasteiger partial charge in [0.1, 0.15) is 17.5 Å². The van der Waals surface area contributed by atoms with Gasteiger partial charge in [0.25, 0.3) is 11.2 Å². The summed E-state index contributed by atoms with van der Waals surface area (Å²) in [7, 11) is 1.50. The maximum absolute atomic E-state index is 14.1. The average Bonchev–Trinajstić information content (AvgIpc) is 3.31. The van der Waals surface area contributed by atoms with E-state index >= 15 is 0 Å². The Labute approximate surface area is 256 Å². The SMILES string of the molecule is CCCC1=C(C(=O)OCC)[C@@H](c2cc(Cl)ccc2OC)n2c(s/c(=C\c3ccc(N4CCOCC4)c([N+](=O)[O-])c3)c2=O)=N1. The molecule has 1 aromatic heterocycles. The number of nitro groups is 1. The lowest BCUT2D eigenvalue weighted by atomic mass is 9.93. The van der Waals surface area contributed by atoms with Gasteiger partial charge in [-0.2, -0.15) is 0 Å². The largest absolute Gasteiger partial charge is 0.496 e. The fraction of sp³-hybridized carbons (Fsp3) is 0.367. The number of benzene rings is 2. The summed E-state index contributed by atoms with van der Waals surface area (Å²) in [5.74, 6) is -0.136. The number of esters is 1. The molecular weight excluding hydrogens is 596 g/mol. The lowest BCUT2D eigenvalue weighted by Gasteiger charge is -2.28. The van der Waals surface area contributed by atoms with Crippen molar-refractivity contribution in [3.63, 3.8) is 0 Å². The number of halogens is 1. The Bertz CT molecular complexity index is 1780. The third kappa shape index (κ3) is 6.08. The van der Waals surface area contributed by atoms with Crippen molar-refractivity contribution in [2.24, 2.45) is 4.99 Å². The van der Waals surface area contributed by atoms with Gasteiger partial charge in [-0.3, -0.25) is 19.5 Å². The molecule has 0 spiro atoms. The highest BCUT2D eigenvalue weighted by Crippen LogP contribution is 2.38. The molecule has 5 rings (SSSR count). The highest BCUT2D eigenvalue weighted by molar-refractivity contribution is 7.07. The van der Waals surface area contributed by atoms with E-state index in [1.807, 2.05) is 11.8 Å². The van der Waals surface area contributed by atoms with Crippen LogP contribution < -0.4 is 24.5 Å². The van der Waals surface area contributed by atoms with E-state index in [4.69, 9.17) is 30.8 Å². The maximum atomic E-state index is 14.1. The summed E-state index contributed by atoms with van der Waals surface area (Å²) >= 11 is 7.55. The predicted octanol–water partition coefficient (Wildman–Crippen LogP) is 3.99. The standard InChI is InChI=1S/C30H31ClN4O7S/c1-4-6-21-26(29(37)42-5-2)27(20-17-19(31)8-10-24(20)40-3)34-28(36)25(43-30(34)32-21)16-18-7-9-22(23(15-18)35(38)39)33-11-13-41-14-12-33/h7-10,15-17,27H,4-6,11-14H2,1-3H3/b25-16-/t27-/m1/s1. The summed E-state index contributed by atoms with van der Waals surface area (Å²) in [6.07, 6.45) is 2.79. The molecule has 2 aliphatic rings. The molecule has 1 fully saturated rings. The Balaban J connectivity index is 1.71. The van der Waals surface area contributed by atoms with Crippen LogP contribution in [-0.4, -0.2) is 55.5 Å². The van der Waals surface area contributed by atoms with Gasteiger partial charge in [0.2, 0.25) is 0 Å². The number of anilines is 1. The van der Waals surface area contributed by atoms with Gasteiger partial charge in [-0.15, -0.1) is 0 Å². The number of allylic oxidation sites excluding steroid dienone is 1. The number of methoxy groups -OCH3 is 1. The third-order valence-corrected chi connectivity index (χ3v) is 8.44. The van der Waals surface area contributed by atoms with E-state index in [1.54, 1.807) is 43.3 Å². The number of thiazole rings is 1. The molecule has 0 radical (unpaired) electrons. The molecule has 2 aliphatic heterocycles. The number of morpholine rings is 1. The van der Waals surface area contributed by atoms with E-state index < -0.39 is 22.5 Å². The van der Waals surface area contributed by atoms with Crippen molar-refractivity contribution >= 4 is 46.4 Å². The molecule has 0 bridgehead atoms. The maximum Gasteiger partial charge on any atom is 0.338 e. The number of carbonyl (C=O) groups is 1. The molecule has 1 atom stereocenters. The van der Waals surface area contributed by atoms with Crippen LogP contribution >= 0.6 is 22.9 Å². The number of carbonyl (C=O) groups excluding carboxylic acids is 1. The van der Waals surface area contributed by atoms with Gasteiger partial charge in [0.05, 0.1) is 47.7 Å². The molecule has 13 heteroatoms. The molecular formula is C30H31ClN4O7S. The van der Waals surface area contributed by atoms with Gasteiger partial charge < -0.3 is 19.1 Å². The second-order valence-corrected chi connectivity index (χ2v) is 11.4. The van der Waals surface area contributed by atoms with Gasteiger partial charge in [0.15, 0.2) is 4.80 Å². The first kappa shape index (κ1) is 30.5. The van der Waals surface area contributed by atoms with Crippen LogP contribution in [0.3, 0.4) is 0 Å². The van der Waals surface area contributed by atoms with Crippen LogP contribution in [0.1, 0.15) is 43.9 Å². The van der Waals surface area contributed by atoms with Crippen LogP contribution in [0.5, 0.6) is 5.75 Å². The molecule has 0 N–H and O–H groups in total. The zero-order valence-electron chi connectivity index (χ0n) is 24.0. The third-order valence-electron chi connectivity index (χ3n) is 7.22. The first-order valence-electron chi connectivity index (χ1n) is 13.9. The van der Waals surface area contributed by atoms with Gasteiger partial charge in [0, 0.05) is 29.7 Å². The first-order valence-corrected chi connectivity index (χ1v) is 15.1. The van der Waals surface area contributed by atoms with Crippen LogP contribution in [0.15, 0.2) is 57.5 Å². The first-order chi connectivity index (χ1) is 20.8. The van der Waals surface area contributed by atoms with Crippen molar-refractivity contribution in [2.75, 3.05) is 44.9 Å². The summed E-state index contributed by atoms with van der Waals surface area (Å²) in [6, 6.07) is 9.03. The molecule has 43 heavy (non-hydrogen) atoms. The molecule has 2 aromatic carbocycles. The zero-order chi connectivity index (χ0) is 30.7. The van der Waals surface area contributed by atoms with E-state index in [-0.39, 0.29) is 17.9 Å². The number of ether oxygens (including phenoxy) is 3. The van der Waals surface area contributed by atoms with E-state index in [0.717, 1.165) is 11.3 Å². The Morgan fingerprint density at radius 1 is 1.23 bits per heavy atom. The minimum Gasteiger partial charge on any atom is -0.496 e.